The second kappa shape index (κ2) is 4.44. The van der Waals surface area contributed by atoms with Gasteiger partial charge in [-0.25, -0.2) is 9.18 Å². The molecule has 0 radical (unpaired) electrons. The van der Waals surface area contributed by atoms with E-state index in [0.29, 0.717) is 0 Å². The molecule has 0 bridgehead atoms. The zero-order valence-electron chi connectivity index (χ0n) is 9.53. The lowest BCUT2D eigenvalue weighted by molar-refractivity contribution is 0.0697. The normalized spacial score (nSPS) is 10.3. The summed E-state index contributed by atoms with van der Waals surface area (Å²) in [5, 5.41) is 9.02. The van der Waals surface area contributed by atoms with Gasteiger partial charge in [0.1, 0.15) is 5.82 Å². The number of hydrogen-bond donors (Lipinski definition) is 2. The third-order valence-corrected chi connectivity index (χ3v) is 2.57. The van der Waals surface area contributed by atoms with Crippen LogP contribution in [0.3, 0.4) is 0 Å². The Bertz CT molecular complexity index is 676. The fraction of sp³-hybridized carbons (Fsp3) is 0.0769. The predicted molar refractivity (Wildman–Crippen MR) is 64.2 cm³/mol. The lowest BCUT2D eigenvalue weighted by atomic mass is 10.0. The van der Waals surface area contributed by atoms with Crippen LogP contribution >= 0.6 is 0 Å². The second-order valence-electron chi connectivity index (χ2n) is 3.91. The molecule has 5 heteroatoms. The van der Waals surface area contributed by atoms with Crippen LogP contribution in [0.5, 0.6) is 0 Å². The summed E-state index contributed by atoms with van der Waals surface area (Å²) < 4.78 is 13.8. The van der Waals surface area contributed by atoms with Crippen LogP contribution in [0.25, 0.3) is 11.1 Å². The number of aromatic carboxylic acids is 1. The average Bonchev–Trinajstić information content (AvgIpc) is 2.29. The van der Waals surface area contributed by atoms with Crippen molar-refractivity contribution in [2.45, 2.75) is 6.92 Å². The van der Waals surface area contributed by atoms with Gasteiger partial charge < -0.3 is 10.1 Å². The van der Waals surface area contributed by atoms with E-state index in [0.717, 1.165) is 11.6 Å². The van der Waals surface area contributed by atoms with E-state index < -0.39 is 17.3 Å². The predicted octanol–water partition coefficient (Wildman–Crippen LogP) is 2.19. The van der Waals surface area contributed by atoms with E-state index in [1.54, 1.807) is 13.0 Å². The lowest BCUT2D eigenvalue weighted by Crippen LogP contribution is -2.10. The van der Waals surface area contributed by atoms with Crippen molar-refractivity contribution in [2.75, 3.05) is 0 Å². The van der Waals surface area contributed by atoms with E-state index in [4.69, 9.17) is 5.11 Å². The molecule has 0 aliphatic heterocycles. The van der Waals surface area contributed by atoms with Crippen molar-refractivity contribution in [3.05, 3.63) is 57.8 Å². The molecule has 4 nitrogen and oxygen atoms in total. The minimum atomic E-state index is -1.27. The topological polar surface area (TPSA) is 70.2 Å². The Morgan fingerprint density at radius 1 is 1.28 bits per heavy atom. The van der Waals surface area contributed by atoms with Crippen LogP contribution < -0.4 is 5.56 Å². The Hall–Kier alpha value is -2.43. The molecular formula is C13H10FNO3. The van der Waals surface area contributed by atoms with Crippen LogP contribution in [0.4, 0.5) is 4.39 Å². The molecule has 0 saturated carbocycles. The number of benzene rings is 1. The highest BCUT2D eigenvalue weighted by Gasteiger charge is 2.15. The van der Waals surface area contributed by atoms with Gasteiger partial charge in [0, 0.05) is 23.4 Å². The molecule has 2 aromatic rings. The molecule has 2 N–H and O–H groups in total. The van der Waals surface area contributed by atoms with Gasteiger partial charge in [-0.15, -0.1) is 0 Å². The van der Waals surface area contributed by atoms with Crippen molar-refractivity contribution in [3.63, 3.8) is 0 Å². The number of H-pyrrole nitrogens is 1. The van der Waals surface area contributed by atoms with Crippen LogP contribution in [0.2, 0.25) is 0 Å². The summed E-state index contributed by atoms with van der Waals surface area (Å²) in [7, 11) is 0. The maximum atomic E-state index is 13.8. The van der Waals surface area contributed by atoms with E-state index in [-0.39, 0.29) is 16.7 Å². The number of aromatic nitrogens is 1. The Balaban J connectivity index is 2.71. The number of rotatable bonds is 2. The first-order valence-electron chi connectivity index (χ1n) is 5.21. The first-order valence-corrected chi connectivity index (χ1v) is 5.21. The molecule has 1 heterocycles. The van der Waals surface area contributed by atoms with E-state index in [1.165, 1.54) is 18.3 Å². The molecule has 0 spiro atoms. The van der Waals surface area contributed by atoms with E-state index in [9.17, 15) is 14.0 Å². The molecule has 0 saturated heterocycles. The van der Waals surface area contributed by atoms with Crippen molar-refractivity contribution >= 4 is 5.97 Å². The molecule has 0 atom stereocenters. The summed E-state index contributed by atoms with van der Waals surface area (Å²) in [6.07, 6.45) is 1.21. The van der Waals surface area contributed by atoms with Crippen LogP contribution in [-0.2, 0) is 0 Å². The van der Waals surface area contributed by atoms with Crippen LogP contribution in [0.15, 0.2) is 35.3 Å². The van der Waals surface area contributed by atoms with Gasteiger partial charge in [-0.05, 0) is 18.6 Å². The maximum Gasteiger partial charge on any atom is 0.336 e. The zero-order chi connectivity index (χ0) is 13.3. The summed E-state index contributed by atoms with van der Waals surface area (Å²) >= 11 is 0. The Morgan fingerprint density at radius 2 is 2.00 bits per heavy atom. The Morgan fingerprint density at radius 3 is 2.61 bits per heavy atom. The van der Waals surface area contributed by atoms with E-state index >= 15 is 0 Å². The molecule has 0 aliphatic rings. The highest BCUT2D eigenvalue weighted by molar-refractivity contribution is 5.95. The summed E-state index contributed by atoms with van der Waals surface area (Å²) in [5.74, 6) is -1.79. The number of carbonyl (C=O) groups is 1. The summed E-state index contributed by atoms with van der Waals surface area (Å²) in [4.78, 5) is 24.5. The molecule has 0 unspecified atom stereocenters. The molecule has 0 amide bonds. The summed E-state index contributed by atoms with van der Waals surface area (Å²) in [6, 6.07) is 5.42. The number of aryl methyl sites for hydroxylation is 1. The summed E-state index contributed by atoms with van der Waals surface area (Å²) in [6.45, 7) is 1.73. The number of hydrogen-bond acceptors (Lipinski definition) is 2. The number of halogens is 1. The summed E-state index contributed by atoms with van der Waals surface area (Å²) in [5.41, 5.74) is 0.275. The smallest absolute Gasteiger partial charge is 0.336 e. The number of pyridine rings is 1. The fourth-order valence-electron chi connectivity index (χ4n) is 1.71. The van der Waals surface area contributed by atoms with Gasteiger partial charge in [0.15, 0.2) is 0 Å². The van der Waals surface area contributed by atoms with Crippen LogP contribution in [0, 0.1) is 12.7 Å². The Labute approximate surface area is 102 Å². The van der Waals surface area contributed by atoms with Crippen molar-refractivity contribution in [1.29, 1.82) is 0 Å². The van der Waals surface area contributed by atoms with Gasteiger partial charge in [-0.3, -0.25) is 4.79 Å². The van der Waals surface area contributed by atoms with Gasteiger partial charge in [0.05, 0.1) is 5.56 Å². The zero-order valence-corrected chi connectivity index (χ0v) is 9.53. The molecule has 1 aromatic heterocycles. The lowest BCUT2D eigenvalue weighted by Gasteiger charge is -2.07. The van der Waals surface area contributed by atoms with Crippen molar-refractivity contribution < 1.29 is 14.3 Å². The fourth-order valence-corrected chi connectivity index (χ4v) is 1.71. The largest absolute Gasteiger partial charge is 0.478 e. The van der Waals surface area contributed by atoms with E-state index in [1.807, 2.05) is 0 Å². The monoisotopic (exact) mass is 247 g/mol. The quantitative estimate of drug-likeness (QED) is 0.854. The van der Waals surface area contributed by atoms with Gasteiger partial charge >= 0.3 is 5.97 Å². The van der Waals surface area contributed by atoms with Gasteiger partial charge in [-0.1, -0.05) is 12.1 Å². The molecular weight excluding hydrogens is 237 g/mol. The third kappa shape index (κ3) is 2.15. The molecule has 0 aliphatic carbocycles. The van der Waals surface area contributed by atoms with Crippen LogP contribution in [0.1, 0.15) is 15.9 Å². The van der Waals surface area contributed by atoms with Gasteiger partial charge in [0.2, 0.25) is 5.56 Å². The standard InChI is InChI=1S/C13H10FNO3/c1-7-2-3-8(11(14)4-7)10-6-15-12(16)5-9(10)13(17)18/h2-6H,1H3,(H,15,16)(H,17,18). The average molecular weight is 247 g/mol. The Kier molecular flexibility index (Phi) is 2.97. The van der Waals surface area contributed by atoms with E-state index in [2.05, 4.69) is 4.98 Å². The minimum Gasteiger partial charge on any atom is -0.478 e. The number of aromatic amines is 1. The molecule has 2 rings (SSSR count). The van der Waals surface area contributed by atoms with Gasteiger partial charge in [-0.2, -0.15) is 0 Å². The molecule has 18 heavy (non-hydrogen) atoms. The number of nitrogens with one attached hydrogen (secondary N) is 1. The maximum absolute atomic E-state index is 13.8. The van der Waals surface area contributed by atoms with Crippen molar-refractivity contribution in [1.82, 2.24) is 4.98 Å². The number of carboxylic acids is 1. The number of carboxylic acid groups (broad SMARTS) is 1. The molecule has 0 fully saturated rings. The molecule has 1 aromatic carbocycles. The minimum absolute atomic E-state index is 0.147. The van der Waals surface area contributed by atoms with Gasteiger partial charge in [0.25, 0.3) is 0 Å². The first-order chi connectivity index (χ1) is 8.49. The second-order valence-corrected chi connectivity index (χ2v) is 3.91. The molecule has 92 valence electrons. The first kappa shape index (κ1) is 12.0. The van der Waals surface area contributed by atoms with Crippen molar-refractivity contribution in [3.8, 4) is 11.1 Å². The van der Waals surface area contributed by atoms with Crippen molar-refractivity contribution in [2.24, 2.45) is 0 Å². The van der Waals surface area contributed by atoms with Crippen LogP contribution in [-0.4, -0.2) is 16.1 Å². The third-order valence-electron chi connectivity index (χ3n) is 2.57. The SMILES string of the molecule is Cc1ccc(-c2c[nH]c(=O)cc2C(=O)O)c(F)c1. The highest BCUT2D eigenvalue weighted by Crippen LogP contribution is 2.25. The highest BCUT2D eigenvalue weighted by atomic mass is 19.1.